The van der Waals surface area contributed by atoms with E-state index in [1.54, 1.807) is 6.07 Å². The van der Waals surface area contributed by atoms with Crippen molar-refractivity contribution >= 4 is 23.1 Å². The quantitative estimate of drug-likeness (QED) is 0.649. The molecular formula is C15H15ClN2O. The van der Waals surface area contributed by atoms with Crippen molar-refractivity contribution in [3.8, 4) is 5.75 Å². The van der Waals surface area contributed by atoms with Crippen molar-refractivity contribution in [2.24, 2.45) is 0 Å². The second-order valence-electron chi connectivity index (χ2n) is 3.94. The summed E-state index contributed by atoms with van der Waals surface area (Å²) in [6.07, 6.45) is 0. The molecule has 0 unspecified atom stereocenters. The molecule has 3 nitrogen and oxygen atoms in total. The van der Waals surface area contributed by atoms with Crippen LogP contribution in [0.15, 0.2) is 48.5 Å². The molecule has 2 aromatic carbocycles. The lowest BCUT2D eigenvalue weighted by atomic mass is 10.2. The zero-order valence-electron chi connectivity index (χ0n) is 10.6. The zero-order valence-corrected chi connectivity index (χ0v) is 11.4. The molecule has 2 aromatic rings. The van der Waals surface area contributed by atoms with E-state index in [0.717, 1.165) is 11.4 Å². The smallest absolute Gasteiger partial charge is 0.131 e. The molecule has 0 aliphatic heterocycles. The van der Waals surface area contributed by atoms with Gasteiger partial charge in [0.2, 0.25) is 0 Å². The molecule has 0 fully saturated rings. The Bertz CT molecular complexity index is 567. The maximum absolute atomic E-state index is 8.02. The predicted molar refractivity (Wildman–Crippen MR) is 79.5 cm³/mol. The van der Waals surface area contributed by atoms with Crippen molar-refractivity contribution < 1.29 is 4.74 Å². The lowest BCUT2D eigenvalue weighted by Crippen LogP contribution is -2.12. The fourth-order valence-electron chi connectivity index (χ4n) is 1.68. The Balaban J connectivity index is 2.09. The first-order valence-corrected chi connectivity index (χ1v) is 6.42. The molecule has 2 rings (SSSR count). The highest BCUT2D eigenvalue weighted by Gasteiger charge is 2.05. The van der Waals surface area contributed by atoms with Crippen LogP contribution in [0.2, 0.25) is 5.02 Å². The molecule has 0 bridgehead atoms. The number of hydrogen-bond donors (Lipinski definition) is 2. The van der Waals surface area contributed by atoms with Crippen LogP contribution < -0.4 is 10.1 Å². The van der Waals surface area contributed by atoms with Gasteiger partial charge in [0.1, 0.15) is 11.6 Å². The van der Waals surface area contributed by atoms with Crippen LogP contribution in [0.5, 0.6) is 5.75 Å². The number of halogens is 1. The molecule has 4 heteroatoms. The third-order valence-corrected chi connectivity index (χ3v) is 2.91. The maximum atomic E-state index is 8.02. The third kappa shape index (κ3) is 3.48. The van der Waals surface area contributed by atoms with Gasteiger partial charge in [-0.2, -0.15) is 0 Å². The lowest BCUT2D eigenvalue weighted by Gasteiger charge is -2.10. The average molecular weight is 275 g/mol. The van der Waals surface area contributed by atoms with Crippen LogP contribution >= 0.6 is 11.6 Å². The molecule has 0 radical (unpaired) electrons. The summed E-state index contributed by atoms with van der Waals surface area (Å²) >= 11 is 6.05. The van der Waals surface area contributed by atoms with Crippen molar-refractivity contribution in [1.82, 2.24) is 0 Å². The predicted octanol–water partition coefficient (Wildman–Crippen LogP) is 4.18. The van der Waals surface area contributed by atoms with Gasteiger partial charge in [-0.05, 0) is 43.3 Å². The Kier molecular flexibility index (Phi) is 4.42. The van der Waals surface area contributed by atoms with Crippen LogP contribution in [0.25, 0.3) is 0 Å². The first-order valence-electron chi connectivity index (χ1n) is 6.04. The minimum atomic E-state index is 0.273. The molecule has 0 aliphatic rings. The first kappa shape index (κ1) is 13.4. The summed E-state index contributed by atoms with van der Waals surface area (Å²) in [7, 11) is 0. The van der Waals surface area contributed by atoms with E-state index in [9.17, 15) is 0 Å². The normalized spacial score (nSPS) is 10.0. The second-order valence-corrected chi connectivity index (χ2v) is 4.34. The standard InChI is InChI=1S/C15H15ClN2O/c1-2-19-12-9-7-11(8-10-12)18-15(17)13-5-3-4-6-14(13)16/h3-10H,2H2,1H3,(H2,17,18). The zero-order chi connectivity index (χ0) is 13.7. The summed E-state index contributed by atoms with van der Waals surface area (Å²) in [6, 6.07) is 14.8. The molecule has 0 aromatic heterocycles. The van der Waals surface area contributed by atoms with Crippen LogP contribution in [-0.2, 0) is 0 Å². The van der Waals surface area contributed by atoms with Gasteiger partial charge in [-0.25, -0.2) is 0 Å². The summed E-state index contributed by atoms with van der Waals surface area (Å²) in [4.78, 5) is 0. The monoisotopic (exact) mass is 274 g/mol. The highest BCUT2D eigenvalue weighted by Crippen LogP contribution is 2.19. The first-order chi connectivity index (χ1) is 9.20. The van der Waals surface area contributed by atoms with E-state index in [2.05, 4.69) is 5.32 Å². The Hall–Kier alpha value is -2.00. The van der Waals surface area contributed by atoms with Gasteiger partial charge in [0.25, 0.3) is 0 Å². The fraction of sp³-hybridized carbons (Fsp3) is 0.133. The minimum absolute atomic E-state index is 0.273. The van der Waals surface area contributed by atoms with E-state index in [4.69, 9.17) is 21.7 Å². The minimum Gasteiger partial charge on any atom is -0.494 e. The van der Waals surface area contributed by atoms with Gasteiger partial charge in [-0.3, -0.25) is 5.41 Å². The van der Waals surface area contributed by atoms with Gasteiger partial charge in [-0.15, -0.1) is 0 Å². The van der Waals surface area contributed by atoms with Gasteiger partial charge < -0.3 is 10.1 Å². The van der Waals surface area contributed by atoms with Crippen molar-refractivity contribution in [3.05, 3.63) is 59.1 Å². The largest absolute Gasteiger partial charge is 0.494 e. The second kappa shape index (κ2) is 6.25. The number of hydrogen-bond acceptors (Lipinski definition) is 2. The van der Waals surface area contributed by atoms with E-state index in [1.165, 1.54) is 0 Å². The van der Waals surface area contributed by atoms with Gasteiger partial charge in [0, 0.05) is 11.3 Å². The average Bonchev–Trinajstić information content (AvgIpc) is 2.42. The molecule has 0 atom stereocenters. The topological polar surface area (TPSA) is 45.1 Å². The van der Waals surface area contributed by atoms with Crippen molar-refractivity contribution in [2.45, 2.75) is 6.92 Å². The summed E-state index contributed by atoms with van der Waals surface area (Å²) in [6.45, 7) is 2.58. The van der Waals surface area contributed by atoms with Crippen LogP contribution in [-0.4, -0.2) is 12.4 Å². The number of nitrogens with one attached hydrogen (secondary N) is 2. The number of anilines is 1. The van der Waals surface area contributed by atoms with E-state index in [1.807, 2.05) is 49.4 Å². The number of rotatable bonds is 4. The van der Waals surface area contributed by atoms with Crippen molar-refractivity contribution in [1.29, 1.82) is 5.41 Å². The number of benzene rings is 2. The van der Waals surface area contributed by atoms with Crippen LogP contribution in [0.1, 0.15) is 12.5 Å². The van der Waals surface area contributed by atoms with Crippen molar-refractivity contribution in [3.63, 3.8) is 0 Å². The van der Waals surface area contributed by atoms with Gasteiger partial charge in [0.15, 0.2) is 0 Å². The molecule has 19 heavy (non-hydrogen) atoms. The molecular weight excluding hydrogens is 260 g/mol. The molecule has 2 N–H and O–H groups in total. The third-order valence-electron chi connectivity index (χ3n) is 2.58. The SMILES string of the molecule is CCOc1ccc(NC(=N)c2ccccc2Cl)cc1. The van der Waals surface area contributed by atoms with E-state index in [0.29, 0.717) is 17.2 Å². The van der Waals surface area contributed by atoms with E-state index < -0.39 is 0 Å². The summed E-state index contributed by atoms with van der Waals surface area (Å²) in [5.74, 6) is 1.09. The van der Waals surface area contributed by atoms with E-state index >= 15 is 0 Å². The highest BCUT2D eigenvalue weighted by atomic mass is 35.5. The summed E-state index contributed by atoms with van der Waals surface area (Å²) in [5.41, 5.74) is 1.51. The lowest BCUT2D eigenvalue weighted by molar-refractivity contribution is 0.340. The molecule has 98 valence electrons. The Morgan fingerprint density at radius 3 is 2.47 bits per heavy atom. The van der Waals surface area contributed by atoms with E-state index in [-0.39, 0.29) is 5.84 Å². The Morgan fingerprint density at radius 1 is 1.16 bits per heavy atom. The molecule has 0 heterocycles. The number of amidine groups is 1. The summed E-state index contributed by atoms with van der Waals surface area (Å²) < 4.78 is 5.37. The van der Waals surface area contributed by atoms with Crippen LogP contribution in [0.4, 0.5) is 5.69 Å². The molecule has 0 saturated carbocycles. The Morgan fingerprint density at radius 2 is 1.84 bits per heavy atom. The van der Waals surface area contributed by atoms with Crippen molar-refractivity contribution in [2.75, 3.05) is 11.9 Å². The molecule has 0 saturated heterocycles. The van der Waals surface area contributed by atoms with Crippen LogP contribution in [0, 0.1) is 5.41 Å². The fourth-order valence-corrected chi connectivity index (χ4v) is 1.91. The summed E-state index contributed by atoms with van der Waals surface area (Å²) in [5, 5.41) is 11.6. The highest BCUT2D eigenvalue weighted by molar-refractivity contribution is 6.34. The number of ether oxygens (including phenoxy) is 1. The Labute approximate surface area is 117 Å². The van der Waals surface area contributed by atoms with Crippen LogP contribution in [0.3, 0.4) is 0 Å². The van der Waals surface area contributed by atoms with Gasteiger partial charge in [0.05, 0.1) is 11.6 Å². The molecule has 0 aliphatic carbocycles. The maximum Gasteiger partial charge on any atom is 0.131 e. The molecule has 0 spiro atoms. The molecule has 0 amide bonds. The van der Waals surface area contributed by atoms with Gasteiger partial charge in [-0.1, -0.05) is 23.7 Å². The van der Waals surface area contributed by atoms with Gasteiger partial charge >= 0.3 is 0 Å².